The van der Waals surface area contributed by atoms with E-state index in [2.05, 4.69) is 26.9 Å². The first-order valence-corrected chi connectivity index (χ1v) is 9.03. The van der Waals surface area contributed by atoms with Crippen molar-refractivity contribution in [3.8, 4) is 0 Å². The van der Waals surface area contributed by atoms with Gasteiger partial charge in [0, 0.05) is 18.0 Å². The maximum absolute atomic E-state index is 12.4. The highest BCUT2D eigenvalue weighted by Crippen LogP contribution is 2.24. The van der Waals surface area contributed by atoms with Gasteiger partial charge in [0.1, 0.15) is 0 Å². The molecular weight excluding hydrogens is 352 g/mol. The van der Waals surface area contributed by atoms with Gasteiger partial charge in [0.05, 0.1) is 23.0 Å². The summed E-state index contributed by atoms with van der Waals surface area (Å²) in [7, 11) is 0. The second kappa shape index (κ2) is 7.72. The van der Waals surface area contributed by atoms with E-state index >= 15 is 0 Å². The minimum absolute atomic E-state index is 0.174. The molecule has 2 rings (SSSR count). The topological polar surface area (TPSA) is 43.8 Å². The molecule has 1 amide bonds. The maximum atomic E-state index is 12.4. The van der Waals surface area contributed by atoms with Gasteiger partial charge in [-0.2, -0.15) is 0 Å². The Morgan fingerprint density at radius 3 is 2.90 bits per heavy atom. The molecule has 2 atom stereocenters. The van der Waals surface area contributed by atoms with Crippen LogP contribution in [-0.4, -0.2) is 53.1 Å². The molecular formula is C15H23BrN2O2S. The SMILES string of the molecule is CCN(Cc1ccc(Br)s1)C(=O)CN1CCC(C(C)O)C1. The number of rotatable bonds is 6. The Morgan fingerprint density at radius 1 is 1.62 bits per heavy atom. The van der Waals surface area contributed by atoms with Crippen molar-refractivity contribution in [2.45, 2.75) is 32.9 Å². The van der Waals surface area contributed by atoms with E-state index in [0.29, 0.717) is 19.0 Å². The zero-order valence-electron chi connectivity index (χ0n) is 12.6. The van der Waals surface area contributed by atoms with E-state index in [1.807, 2.05) is 24.8 Å². The van der Waals surface area contributed by atoms with Crippen molar-refractivity contribution in [2.75, 3.05) is 26.2 Å². The molecule has 118 valence electrons. The predicted octanol–water partition coefficient (Wildman–Crippen LogP) is 2.56. The number of likely N-dealkylation sites (N-methyl/N-ethyl adjacent to an activating group) is 1. The van der Waals surface area contributed by atoms with E-state index in [1.54, 1.807) is 11.3 Å². The fraction of sp³-hybridized carbons (Fsp3) is 0.667. The van der Waals surface area contributed by atoms with Crippen molar-refractivity contribution in [2.24, 2.45) is 5.92 Å². The summed E-state index contributed by atoms with van der Waals surface area (Å²) in [6.07, 6.45) is 0.699. The Bertz CT molecular complexity index is 478. The van der Waals surface area contributed by atoms with Gasteiger partial charge in [-0.1, -0.05) is 0 Å². The molecule has 4 nitrogen and oxygen atoms in total. The zero-order valence-corrected chi connectivity index (χ0v) is 15.0. The monoisotopic (exact) mass is 374 g/mol. The first-order chi connectivity index (χ1) is 9.99. The molecule has 21 heavy (non-hydrogen) atoms. The number of hydrogen-bond acceptors (Lipinski definition) is 4. The van der Waals surface area contributed by atoms with Crippen LogP contribution in [0.15, 0.2) is 15.9 Å². The minimum Gasteiger partial charge on any atom is -0.393 e. The average molecular weight is 375 g/mol. The van der Waals surface area contributed by atoms with Crippen LogP contribution in [0.5, 0.6) is 0 Å². The second-order valence-corrected chi connectivity index (χ2v) is 8.19. The first kappa shape index (κ1) is 16.9. The average Bonchev–Trinajstić information content (AvgIpc) is 3.05. The fourth-order valence-corrected chi connectivity index (χ4v) is 4.19. The summed E-state index contributed by atoms with van der Waals surface area (Å²) in [6.45, 7) is 7.45. The van der Waals surface area contributed by atoms with Crippen LogP contribution in [0.25, 0.3) is 0 Å². The molecule has 2 unspecified atom stereocenters. The van der Waals surface area contributed by atoms with Crippen molar-refractivity contribution in [3.05, 3.63) is 20.8 Å². The van der Waals surface area contributed by atoms with Crippen LogP contribution in [0.4, 0.5) is 0 Å². The molecule has 0 spiro atoms. The summed E-state index contributed by atoms with van der Waals surface area (Å²) in [4.78, 5) is 17.7. The van der Waals surface area contributed by atoms with Crippen LogP contribution in [0.1, 0.15) is 25.1 Å². The van der Waals surface area contributed by atoms with Crippen molar-refractivity contribution < 1.29 is 9.90 Å². The summed E-state index contributed by atoms with van der Waals surface area (Å²) >= 11 is 5.13. The van der Waals surface area contributed by atoms with Gasteiger partial charge in [0.2, 0.25) is 5.91 Å². The van der Waals surface area contributed by atoms with E-state index in [-0.39, 0.29) is 12.0 Å². The standard InChI is InChI=1S/C15H23BrN2O2S/c1-3-18(9-13-4-5-14(16)21-13)15(20)10-17-7-6-12(8-17)11(2)19/h4-5,11-12,19H,3,6-10H2,1-2H3. The Kier molecular flexibility index (Phi) is 6.22. The van der Waals surface area contributed by atoms with Crippen molar-refractivity contribution in [3.63, 3.8) is 0 Å². The Hall–Kier alpha value is -0.430. The van der Waals surface area contributed by atoms with E-state index in [1.165, 1.54) is 4.88 Å². The van der Waals surface area contributed by atoms with Gasteiger partial charge < -0.3 is 10.0 Å². The molecule has 0 aliphatic carbocycles. The van der Waals surface area contributed by atoms with E-state index in [4.69, 9.17) is 0 Å². The Labute approximate surface area is 138 Å². The zero-order chi connectivity index (χ0) is 15.4. The third-order valence-electron chi connectivity index (χ3n) is 4.06. The summed E-state index contributed by atoms with van der Waals surface area (Å²) in [5, 5.41) is 9.63. The summed E-state index contributed by atoms with van der Waals surface area (Å²) in [6, 6.07) is 4.08. The van der Waals surface area contributed by atoms with Crippen LogP contribution in [-0.2, 0) is 11.3 Å². The van der Waals surface area contributed by atoms with Gasteiger partial charge in [0.15, 0.2) is 0 Å². The van der Waals surface area contributed by atoms with Gasteiger partial charge in [-0.05, 0) is 60.8 Å². The van der Waals surface area contributed by atoms with Crippen LogP contribution in [0.3, 0.4) is 0 Å². The lowest BCUT2D eigenvalue weighted by Crippen LogP contribution is -2.39. The molecule has 0 bridgehead atoms. The van der Waals surface area contributed by atoms with E-state index in [0.717, 1.165) is 29.8 Å². The minimum atomic E-state index is -0.282. The number of amides is 1. The Balaban J connectivity index is 1.86. The lowest BCUT2D eigenvalue weighted by molar-refractivity contribution is -0.132. The molecule has 1 saturated heterocycles. The molecule has 1 N–H and O–H groups in total. The molecule has 1 aliphatic heterocycles. The number of aliphatic hydroxyl groups excluding tert-OH is 1. The number of aliphatic hydroxyl groups is 1. The van der Waals surface area contributed by atoms with Crippen LogP contribution >= 0.6 is 27.3 Å². The van der Waals surface area contributed by atoms with E-state index in [9.17, 15) is 9.90 Å². The van der Waals surface area contributed by atoms with Gasteiger partial charge >= 0.3 is 0 Å². The van der Waals surface area contributed by atoms with Crippen LogP contribution in [0.2, 0.25) is 0 Å². The molecule has 0 aromatic carbocycles. The fourth-order valence-electron chi connectivity index (χ4n) is 2.69. The predicted molar refractivity (Wildman–Crippen MR) is 89.3 cm³/mol. The maximum Gasteiger partial charge on any atom is 0.237 e. The highest BCUT2D eigenvalue weighted by Gasteiger charge is 2.28. The number of likely N-dealkylation sites (tertiary alicyclic amines) is 1. The molecule has 1 aromatic heterocycles. The molecule has 2 heterocycles. The molecule has 1 aromatic rings. The lowest BCUT2D eigenvalue weighted by Gasteiger charge is -2.24. The van der Waals surface area contributed by atoms with Gasteiger partial charge in [0.25, 0.3) is 0 Å². The molecule has 1 aliphatic rings. The van der Waals surface area contributed by atoms with Crippen molar-refractivity contribution >= 4 is 33.2 Å². The third-order valence-corrected chi connectivity index (χ3v) is 5.67. The third kappa shape index (κ3) is 4.77. The lowest BCUT2D eigenvalue weighted by atomic mass is 10.0. The van der Waals surface area contributed by atoms with Crippen molar-refractivity contribution in [1.82, 2.24) is 9.80 Å². The van der Waals surface area contributed by atoms with Crippen LogP contribution in [0, 0.1) is 5.92 Å². The molecule has 1 fully saturated rings. The first-order valence-electron chi connectivity index (χ1n) is 7.42. The molecule has 0 saturated carbocycles. The summed E-state index contributed by atoms with van der Waals surface area (Å²) in [5.41, 5.74) is 0. The van der Waals surface area contributed by atoms with Gasteiger partial charge in [-0.3, -0.25) is 9.69 Å². The van der Waals surface area contributed by atoms with E-state index < -0.39 is 0 Å². The number of carbonyl (C=O) groups is 1. The number of halogens is 1. The summed E-state index contributed by atoms with van der Waals surface area (Å²) in [5.74, 6) is 0.481. The quantitative estimate of drug-likeness (QED) is 0.831. The highest BCUT2D eigenvalue weighted by atomic mass is 79.9. The number of nitrogens with zero attached hydrogens (tertiary/aromatic N) is 2. The highest BCUT2D eigenvalue weighted by molar-refractivity contribution is 9.11. The largest absolute Gasteiger partial charge is 0.393 e. The van der Waals surface area contributed by atoms with Gasteiger partial charge in [-0.15, -0.1) is 11.3 Å². The van der Waals surface area contributed by atoms with Gasteiger partial charge in [-0.25, -0.2) is 0 Å². The Morgan fingerprint density at radius 2 is 2.38 bits per heavy atom. The summed E-state index contributed by atoms with van der Waals surface area (Å²) < 4.78 is 1.10. The number of thiophene rings is 1. The van der Waals surface area contributed by atoms with Crippen LogP contribution < -0.4 is 0 Å². The second-order valence-electron chi connectivity index (χ2n) is 5.64. The molecule has 6 heteroatoms. The molecule has 0 radical (unpaired) electrons. The normalized spacial score (nSPS) is 20.7. The van der Waals surface area contributed by atoms with Crippen molar-refractivity contribution in [1.29, 1.82) is 0 Å². The smallest absolute Gasteiger partial charge is 0.237 e. The number of carbonyl (C=O) groups excluding carboxylic acids is 1. The number of hydrogen-bond donors (Lipinski definition) is 1.